The van der Waals surface area contributed by atoms with E-state index in [0.717, 1.165) is 31.7 Å². The number of hydrogen-bond donors (Lipinski definition) is 1. The van der Waals surface area contributed by atoms with Gasteiger partial charge in [0.05, 0.1) is 5.69 Å². The molecule has 2 heterocycles. The second-order valence-electron chi connectivity index (χ2n) is 6.52. The number of carbonyl (C=O) groups excluding carboxylic acids is 2. The van der Waals surface area contributed by atoms with Crippen molar-refractivity contribution >= 4 is 29.9 Å². The average Bonchev–Trinajstić information content (AvgIpc) is 3.04. The molecule has 1 aromatic carbocycles. The summed E-state index contributed by atoms with van der Waals surface area (Å²) in [6, 6.07) is 7.48. The molecular weight excluding hydrogens is 342 g/mol. The zero-order valence-electron chi connectivity index (χ0n) is 14.7. The van der Waals surface area contributed by atoms with Crippen LogP contribution in [-0.2, 0) is 9.59 Å². The van der Waals surface area contributed by atoms with Gasteiger partial charge in [-0.25, -0.2) is 0 Å². The number of anilines is 1. The molecule has 2 amide bonds. The Labute approximate surface area is 154 Å². The van der Waals surface area contributed by atoms with Crippen LogP contribution in [0.1, 0.15) is 19.8 Å². The summed E-state index contributed by atoms with van der Waals surface area (Å²) in [7, 11) is 1.94. The highest BCUT2D eigenvalue weighted by Gasteiger charge is 2.32. The maximum absolute atomic E-state index is 12.5. The predicted octanol–water partition coefficient (Wildman–Crippen LogP) is 1.68. The summed E-state index contributed by atoms with van der Waals surface area (Å²) >= 11 is 0. The van der Waals surface area contributed by atoms with Crippen LogP contribution in [0.25, 0.3) is 0 Å². The number of carbonyl (C=O) groups is 2. The predicted molar refractivity (Wildman–Crippen MR) is 99.4 cm³/mol. The number of ether oxygens (including phenoxy) is 1. The molecule has 2 aliphatic rings. The highest BCUT2D eigenvalue weighted by Crippen LogP contribution is 2.33. The summed E-state index contributed by atoms with van der Waals surface area (Å²) in [6.07, 6.45) is 0.879. The fourth-order valence-electron chi connectivity index (χ4n) is 3.47. The monoisotopic (exact) mass is 367 g/mol. The minimum Gasteiger partial charge on any atom is -0.479 e. The van der Waals surface area contributed by atoms with Crippen molar-refractivity contribution in [2.45, 2.75) is 25.9 Å². The van der Waals surface area contributed by atoms with Gasteiger partial charge in [0, 0.05) is 26.1 Å². The van der Waals surface area contributed by atoms with Crippen LogP contribution in [0, 0.1) is 5.92 Å². The highest BCUT2D eigenvalue weighted by atomic mass is 35.5. The van der Waals surface area contributed by atoms with Gasteiger partial charge in [0.1, 0.15) is 5.75 Å². The number of benzene rings is 1. The maximum atomic E-state index is 12.5. The first kappa shape index (κ1) is 19.5. The van der Waals surface area contributed by atoms with Crippen LogP contribution in [0.5, 0.6) is 5.75 Å². The Balaban J connectivity index is 0.00000225. The fourth-order valence-corrected chi connectivity index (χ4v) is 3.47. The second kappa shape index (κ2) is 8.54. The molecule has 1 saturated heterocycles. The van der Waals surface area contributed by atoms with Gasteiger partial charge in [-0.05, 0) is 45.0 Å². The Morgan fingerprint density at radius 3 is 2.88 bits per heavy atom. The fraction of sp³-hybridized carbons (Fsp3) is 0.556. The van der Waals surface area contributed by atoms with Crippen LogP contribution >= 0.6 is 12.4 Å². The summed E-state index contributed by atoms with van der Waals surface area (Å²) in [6.45, 7) is 4.71. The summed E-state index contributed by atoms with van der Waals surface area (Å²) in [5.41, 5.74) is 0.753. The zero-order chi connectivity index (χ0) is 17.1. The van der Waals surface area contributed by atoms with E-state index in [0.29, 0.717) is 24.6 Å². The van der Waals surface area contributed by atoms with E-state index in [9.17, 15) is 9.59 Å². The molecule has 0 aliphatic carbocycles. The van der Waals surface area contributed by atoms with Gasteiger partial charge in [-0.3, -0.25) is 9.59 Å². The first-order valence-electron chi connectivity index (χ1n) is 8.59. The number of para-hydroxylation sites is 2. The number of nitrogens with one attached hydrogen (secondary N) is 1. The summed E-state index contributed by atoms with van der Waals surface area (Å²) in [5.74, 6) is 1.27. The molecule has 0 bridgehead atoms. The Kier molecular flexibility index (Phi) is 6.67. The van der Waals surface area contributed by atoms with E-state index < -0.39 is 6.10 Å². The smallest absolute Gasteiger partial charge is 0.267 e. The lowest BCUT2D eigenvalue weighted by atomic mass is 10.1. The van der Waals surface area contributed by atoms with Crippen LogP contribution in [0.2, 0.25) is 0 Å². The maximum Gasteiger partial charge on any atom is 0.267 e. The van der Waals surface area contributed by atoms with Crippen LogP contribution in [0.3, 0.4) is 0 Å². The number of hydrogen-bond acceptors (Lipinski definition) is 4. The molecule has 7 heteroatoms. The normalized spacial score (nSPS) is 22.2. The molecule has 2 aliphatic heterocycles. The lowest BCUT2D eigenvalue weighted by molar-refractivity contribution is -0.130. The van der Waals surface area contributed by atoms with Gasteiger partial charge in [-0.15, -0.1) is 12.4 Å². The molecule has 0 spiro atoms. The highest BCUT2D eigenvalue weighted by molar-refractivity contribution is 6.00. The summed E-state index contributed by atoms with van der Waals surface area (Å²) < 4.78 is 5.63. The third-order valence-corrected chi connectivity index (χ3v) is 4.75. The molecule has 2 atom stereocenters. The number of amides is 2. The SMILES string of the molecule is CNCC1CCN(C(=O)CCN2C(=O)C(C)Oc3ccccc32)C1.Cl. The Bertz CT molecular complexity index is 625. The van der Waals surface area contributed by atoms with Gasteiger partial charge in [0.2, 0.25) is 5.91 Å². The standard InChI is InChI=1S/C18H25N3O3.ClH/c1-13-18(23)21(15-5-3-4-6-16(15)24-13)10-8-17(22)20-9-7-14(12-20)11-19-2;/h3-6,13-14,19H,7-12H2,1-2H3;1H. The Morgan fingerprint density at radius 2 is 2.12 bits per heavy atom. The lowest BCUT2D eigenvalue weighted by Gasteiger charge is -2.33. The molecule has 2 unspecified atom stereocenters. The van der Waals surface area contributed by atoms with Crippen LogP contribution in [-0.4, -0.2) is 56.0 Å². The molecule has 1 N–H and O–H groups in total. The van der Waals surface area contributed by atoms with Crippen molar-refractivity contribution in [1.82, 2.24) is 10.2 Å². The van der Waals surface area contributed by atoms with E-state index >= 15 is 0 Å². The van der Waals surface area contributed by atoms with Crippen molar-refractivity contribution in [3.8, 4) is 5.75 Å². The van der Waals surface area contributed by atoms with E-state index in [1.165, 1.54) is 0 Å². The number of fused-ring (bicyclic) bond motifs is 1. The average molecular weight is 368 g/mol. The van der Waals surface area contributed by atoms with Gasteiger partial charge < -0.3 is 19.9 Å². The number of nitrogens with zero attached hydrogens (tertiary/aromatic N) is 2. The first-order valence-corrected chi connectivity index (χ1v) is 8.59. The minimum atomic E-state index is -0.512. The molecule has 0 saturated carbocycles. The van der Waals surface area contributed by atoms with Crippen molar-refractivity contribution in [2.75, 3.05) is 38.1 Å². The summed E-state index contributed by atoms with van der Waals surface area (Å²) in [5, 5.41) is 3.17. The Morgan fingerprint density at radius 1 is 1.36 bits per heavy atom. The molecule has 6 nitrogen and oxygen atoms in total. The first-order chi connectivity index (χ1) is 11.6. The van der Waals surface area contributed by atoms with Crippen LogP contribution < -0.4 is 15.0 Å². The van der Waals surface area contributed by atoms with Crippen molar-refractivity contribution in [2.24, 2.45) is 5.92 Å². The molecule has 1 aromatic rings. The molecular formula is C18H26ClN3O3. The van der Waals surface area contributed by atoms with Gasteiger partial charge in [0.15, 0.2) is 6.10 Å². The number of likely N-dealkylation sites (tertiary alicyclic amines) is 1. The van der Waals surface area contributed by atoms with Gasteiger partial charge in [0.25, 0.3) is 5.91 Å². The van der Waals surface area contributed by atoms with Crippen LogP contribution in [0.4, 0.5) is 5.69 Å². The molecule has 0 radical (unpaired) electrons. The lowest BCUT2D eigenvalue weighted by Crippen LogP contribution is -2.46. The van der Waals surface area contributed by atoms with E-state index in [-0.39, 0.29) is 24.2 Å². The largest absolute Gasteiger partial charge is 0.479 e. The van der Waals surface area contributed by atoms with Crippen LogP contribution in [0.15, 0.2) is 24.3 Å². The van der Waals surface area contributed by atoms with Gasteiger partial charge >= 0.3 is 0 Å². The van der Waals surface area contributed by atoms with Crippen molar-refractivity contribution in [3.63, 3.8) is 0 Å². The number of rotatable bonds is 5. The van der Waals surface area contributed by atoms with E-state index in [1.807, 2.05) is 36.2 Å². The molecule has 3 rings (SSSR count). The van der Waals surface area contributed by atoms with Gasteiger partial charge in [-0.2, -0.15) is 0 Å². The third-order valence-electron chi connectivity index (χ3n) is 4.75. The van der Waals surface area contributed by atoms with E-state index in [4.69, 9.17) is 4.74 Å². The van der Waals surface area contributed by atoms with Gasteiger partial charge in [-0.1, -0.05) is 12.1 Å². The molecule has 0 aromatic heterocycles. The van der Waals surface area contributed by atoms with E-state index in [1.54, 1.807) is 11.8 Å². The molecule has 25 heavy (non-hydrogen) atoms. The minimum absolute atomic E-state index is 0. The zero-order valence-corrected chi connectivity index (χ0v) is 15.6. The van der Waals surface area contributed by atoms with Crippen molar-refractivity contribution < 1.29 is 14.3 Å². The number of halogens is 1. The van der Waals surface area contributed by atoms with E-state index in [2.05, 4.69) is 5.32 Å². The van der Waals surface area contributed by atoms with Crippen molar-refractivity contribution in [3.05, 3.63) is 24.3 Å². The topological polar surface area (TPSA) is 61.9 Å². The quantitative estimate of drug-likeness (QED) is 0.860. The third kappa shape index (κ3) is 4.25. The summed E-state index contributed by atoms with van der Waals surface area (Å²) in [4.78, 5) is 28.5. The van der Waals surface area contributed by atoms with Crippen molar-refractivity contribution in [1.29, 1.82) is 0 Å². The molecule has 1 fully saturated rings. The second-order valence-corrected chi connectivity index (χ2v) is 6.52. The Hall–Kier alpha value is -1.79. The molecule has 138 valence electrons.